The molecule has 3 amide bonds. The van der Waals surface area contributed by atoms with Crippen molar-refractivity contribution in [3.8, 4) is 6.07 Å². The van der Waals surface area contributed by atoms with Gasteiger partial charge in [-0.2, -0.15) is 5.26 Å². The number of hydrogen-bond acceptors (Lipinski definition) is 7. The zero-order valence-electron chi connectivity index (χ0n) is 20.4. The highest BCUT2D eigenvalue weighted by Crippen LogP contribution is 2.23. The van der Waals surface area contributed by atoms with Crippen LogP contribution in [0.15, 0.2) is 48.5 Å². The Hall–Kier alpha value is -4.23. The van der Waals surface area contributed by atoms with E-state index in [2.05, 4.69) is 21.6 Å². The molecule has 1 fully saturated rings. The summed E-state index contributed by atoms with van der Waals surface area (Å²) in [5.74, 6) is 0.796. The predicted octanol–water partition coefficient (Wildman–Crippen LogP) is 2.77. The van der Waals surface area contributed by atoms with Crippen molar-refractivity contribution in [2.45, 2.75) is 26.4 Å². The molecule has 0 bridgehead atoms. The SMILES string of the molecule is CC(C)[C@H](Nc1nc(CN2CCN(C(=O)Nc3cccc(C#N)c3)CC2)nc2ccccc12)C(N)=O. The molecule has 1 aromatic heterocycles. The van der Waals surface area contributed by atoms with Crippen molar-refractivity contribution in [1.82, 2.24) is 19.8 Å². The molecule has 186 valence electrons. The molecule has 1 atom stereocenters. The molecule has 0 saturated carbocycles. The van der Waals surface area contributed by atoms with Crippen LogP contribution >= 0.6 is 0 Å². The molecule has 0 aliphatic carbocycles. The third kappa shape index (κ3) is 5.87. The molecule has 0 unspecified atom stereocenters. The van der Waals surface area contributed by atoms with Gasteiger partial charge in [0.05, 0.1) is 23.7 Å². The second-order valence-electron chi connectivity index (χ2n) is 9.16. The van der Waals surface area contributed by atoms with Gasteiger partial charge in [0.2, 0.25) is 5.91 Å². The molecule has 36 heavy (non-hydrogen) atoms. The van der Waals surface area contributed by atoms with Crippen LogP contribution in [0, 0.1) is 17.2 Å². The fourth-order valence-corrected chi connectivity index (χ4v) is 4.20. The first-order chi connectivity index (χ1) is 17.3. The summed E-state index contributed by atoms with van der Waals surface area (Å²) in [6.07, 6.45) is 0. The largest absolute Gasteiger partial charge is 0.368 e. The average Bonchev–Trinajstić information content (AvgIpc) is 2.87. The van der Waals surface area contributed by atoms with E-state index >= 15 is 0 Å². The number of aromatic nitrogens is 2. The van der Waals surface area contributed by atoms with E-state index in [1.807, 2.05) is 38.1 Å². The number of fused-ring (bicyclic) bond motifs is 1. The summed E-state index contributed by atoms with van der Waals surface area (Å²) < 4.78 is 0. The Bertz CT molecular complexity index is 1290. The van der Waals surface area contributed by atoms with Crippen molar-refractivity contribution in [2.75, 3.05) is 36.8 Å². The highest BCUT2D eigenvalue weighted by molar-refractivity contribution is 5.92. The van der Waals surface area contributed by atoms with E-state index in [0.717, 1.165) is 10.9 Å². The van der Waals surface area contributed by atoms with Gasteiger partial charge in [-0.3, -0.25) is 9.69 Å². The topological polar surface area (TPSA) is 140 Å². The van der Waals surface area contributed by atoms with Gasteiger partial charge in [0.25, 0.3) is 0 Å². The Balaban J connectivity index is 1.42. The number of nitrogens with one attached hydrogen (secondary N) is 2. The number of nitrogens with zero attached hydrogens (tertiary/aromatic N) is 5. The smallest absolute Gasteiger partial charge is 0.321 e. The molecule has 1 aliphatic heterocycles. The maximum Gasteiger partial charge on any atom is 0.321 e. The van der Waals surface area contributed by atoms with Crippen molar-refractivity contribution in [3.05, 3.63) is 59.9 Å². The molecule has 1 saturated heterocycles. The monoisotopic (exact) mass is 486 g/mol. The third-order valence-corrected chi connectivity index (χ3v) is 6.18. The number of carbonyl (C=O) groups excluding carboxylic acids is 2. The average molecular weight is 487 g/mol. The number of urea groups is 1. The van der Waals surface area contributed by atoms with E-state index in [1.165, 1.54) is 0 Å². The van der Waals surface area contributed by atoms with Gasteiger partial charge in [-0.25, -0.2) is 14.8 Å². The lowest BCUT2D eigenvalue weighted by Gasteiger charge is -2.34. The lowest BCUT2D eigenvalue weighted by molar-refractivity contribution is -0.119. The summed E-state index contributed by atoms with van der Waals surface area (Å²) in [6.45, 7) is 6.83. The van der Waals surface area contributed by atoms with Crippen LogP contribution in [0.4, 0.5) is 16.3 Å². The van der Waals surface area contributed by atoms with E-state index in [-0.39, 0.29) is 11.9 Å². The molecule has 3 aromatic rings. The Morgan fingerprint density at radius 3 is 2.53 bits per heavy atom. The quantitative estimate of drug-likeness (QED) is 0.466. The number of nitrogens with two attached hydrogens (primary N) is 1. The lowest BCUT2D eigenvalue weighted by atomic mass is 10.0. The number of rotatable bonds is 7. The van der Waals surface area contributed by atoms with E-state index < -0.39 is 11.9 Å². The molecule has 2 aromatic carbocycles. The van der Waals surface area contributed by atoms with Crippen LogP contribution in [-0.4, -0.2) is 63.9 Å². The summed E-state index contributed by atoms with van der Waals surface area (Å²) in [7, 11) is 0. The van der Waals surface area contributed by atoms with Crippen LogP contribution in [0.3, 0.4) is 0 Å². The molecular formula is C26H30N8O2. The fourth-order valence-electron chi connectivity index (χ4n) is 4.20. The van der Waals surface area contributed by atoms with Crippen molar-refractivity contribution in [2.24, 2.45) is 11.7 Å². The molecule has 0 spiro atoms. The zero-order chi connectivity index (χ0) is 25.7. The van der Waals surface area contributed by atoms with Crippen molar-refractivity contribution >= 4 is 34.3 Å². The minimum Gasteiger partial charge on any atom is -0.368 e. The van der Waals surface area contributed by atoms with Gasteiger partial charge in [-0.15, -0.1) is 0 Å². The highest BCUT2D eigenvalue weighted by atomic mass is 16.2. The van der Waals surface area contributed by atoms with Crippen LogP contribution in [-0.2, 0) is 11.3 Å². The number of hydrogen-bond donors (Lipinski definition) is 3. The van der Waals surface area contributed by atoms with Gasteiger partial charge >= 0.3 is 6.03 Å². The van der Waals surface area contributed by atoms with Crippen LogP contribution < -0.4 is 16.4 Å². The molecule has 1 aliphatic rings. The normalized spacial score (nSPS) is 14.9. The maximum atomic E-state index is 12.7. The van der Waals surface area contributed by atoms with Gasteiger partial charge in [0.15, 0.2) is 0 Å². The van der Waals surface area contributed by atoms with Crippen LogP contribution in [0.5, 0.6) is 0 Å². The fraction of sp³-hybridized carbons (Fsp3) is 0.346. The molecule has 4 N–H and O–H groups in total. The maximum absolute atomic E-state index is 12.7. The summed E-state index contributed by atoms with van der Waals surface area (Å²) in [5.41, 5.74) is 7.50. The van der Waals surface area contributed by atoms with Crippen LogP contribution in [0.2, 0.25) is 0 Å². The number of primary amides is 1. The van der Waals surface area contributed by atoms with Gasteiger partial charge in [-0.1, -0.05) is 32.0 Å². The lowest BCUT2D eigenvalue weighted by Crippen LogP contribution is -2.49. The van der Waals surface area contributed by atoms with Gasteiger partial charge < -0.3 is 21.3 Å². The Labute approximate surface area is 210 Å². The van der Waals surface area contributed by atoms with Gasteiger partial charge in [0.1, 0.15) is 17.7 Å². The van der Waals surface area contributed by atoms with Crippen molar-refractivity contribution in [3.63, 3.8) is 0 Å². The highest BCUT2D eigenvalue weighted by Gasteiger charge is 2.24. The molecular weight excluding hydrogens is 456 g/mol. The first-order valence-corrected chi connectivity index (χ1v) is 11.9. The van der Waals surface area contributed by atoms with E-state index in [4.69, 9.17) is 21.0 Å². The number of para-hydroxylation sites is 1. The third-order valence-electron chi connectivity index (χ3n) is 6.18. The number of anilines is 2. The molecule has 2 heterocycles. The second kappa shape index (κ2) is 11.0. The molecule has 10 heteroatoms. The standard InChI is InChI=1S/C26H30N8O2/c1-17(2)23(24(28)35)32-25-20-8-3-4-9-21(20)30-22(31-25)16-33-10-12-34(13-11-33)26(36)29-19-7-5-6-18(14-19)15-27/h3-9,14,17,23H,10-13,16H2,1-2H3,(H2,28,35)(H,29,36)(H,30,31,32)/t23-/m0/s1. The predicted molar refractivity (Wildman–Crippen MR) is 138 cm³/mol. The molecule has 4 rings (SSSR count). The van der Waals surface area contributed by atoms with Crippen LogP contribution in [0.25, 0.3) is 10.9 Å². The van der Waals surface area contributed by atoms with Gasteiger partial charge in [0, 0.05) is 37.3 Å². The molecule has 10 nitrogen and oxygen atoms in total. The number of nitriles is 1. The number of piperazine rings is 1. The minimum absolute atomic E-state index is 0.00118. The second-order valence-corrected chi connectivity index (χ2v) is 9.16. The van der Waals surface area contributed by atoms with Crippen molar-refractivity contribution < 1.29 is 9.59 Å². The first-order valence-electron chi connectivity index (χ1n) is 11.9. The van der Waals surface area contributed by atoms with E-state index in [9.17, 15) is 9.59 Å². The Kier molecular flexibility index (Phi) is 7.61. The summed E-state index contributed by atoms with van der Waals surface area (Å²) in [5, 5.41) is 16.0. The van der Waals surface area contributed by atoms with Gasteiger partial charge in [-0.05, 0) is 36.2 Å². The number of benzene rings is 2. The van der Waals surface area contributed by atoms with E-state index in [0.29, 0.717) is 55.6 Å². The Morgan fingerprint density at radius 2 is 1.83 bits per heavy atom. The molecule has 0 radical (unpaired) electrons. The van der Waals surface area contributed by atoms with Crippen molar-refractivity contribution in [1.29, 1.82) is 5.26 Å². The summed E-state index contributed by atoms with van der Waals surface area (Å²) in [6, 6.07) is 15.9. The van der Waals surface area contributed by atoms with E-state index in [1.54, 1.807) is 29.2 Å². The number of amides is 3. The minimum atomic E-state index is -0.549. The Morgan fingerprint density at radius 1 is 1.08 bits per heavy atom. The summed E-state index contributed by atoms with van der Waals surface area (Å²) >= 11 is 0. The zero-order valence-corrected chi connectivity index (χ0v) is 20.4. The van der Waals surface area contributed by atoms with Crippen LogP contribution in [0.1, 0.15) is 25.2 Å². The number of carbonyl (C=O) groups is 2. The first kappa shape index (κ1) is 24.9. The summed E-state index contributed by atoms with van der Waals surface area (Å²) in [4.78, 5) is 38.1.